The highest BCUT2D eigenvalue weighted by molar-refractivity contribution is 5.95. The molecule has 3 N–H and O–H groups in total. The van der Waals surface area contributed by atoms with Crippen LogP contribution in [0.25, 0.3) is 0 Å². The molecule has 0 radical (unpaired) electrons. The summed E-state index contributed by atoms with van der Waals surface area (Å²) in [5.74, 6) is -1.17. The van der Waals surface area contributed by atoms with Gasteiger partial charge in [0.05, 0.1) is 0 Å². The number of carbonyl (C=O) groups is 1. The fourth-order valence-electron chi connectivity index (χ4n) is 1.84. The van der Waals surface area contributed by atoms with E-state index in [1.807, 2.05) is 0 Å². The molecule has 5 heteroatoms. The average molecular weight is 275 g/mol. The van der Waals surface area contributed by atoms with Gasteiger partial charge in [0.1, 0.15) is 5.82 Å². The number of hydrogen-bond acceptors (Lipinski definition) is 3. The Kier molecular flexibility index (Phi) is 3.89. The van der Waals surface area contributed by atoms with Gasteiger partial charge in [-0.15, -0.1) is 0 Å². The van der Waals surface area contributed by atoms with Crippen LogP contribution in [0.1, 0.15) is 21.5 Å². The molecule has 20 heavy (non-hydrogen) atoms. The van der Waals surface area contributed by atoms with Gasteiger partial charge in [0.25, 0.3) is 5.91 Å². The molecule has 0 saturated heterocycles. The van der Waals surface area contributed by atoms with E-state index in [4.69, 9.17) is 0 Å². The van der Waals surface area contributed by atoms with Crippen molar-refractivity contribution in [3.8, 4) is 11.5 Å². The molecule has 0 aromatic heterocycles. The molecule has 0 saturated carbocycles. The first-order chi connectivity index (χ1) is 9.47. The molecule has 0 aliphatic carbocycles. The number of carbonyl (C=O) groups excluding carboxylic acids is 1. The maximum absolute atomic E-state index is 13.0. The highest BCUT2D eigenvalue weighted by atomic mass is 19.1. The molecule has 0 heterocycles. The fraction of sp³-hybridized carbons (Fsp3) is 0.133. The minimum atomic E-state index is -0.387. The molecule has 0 aliphatic rings. The maximum atomic E-state index is 13.0. The third-order valence-corrected chi connectivity index (χ3v) is 2.93. The molecular weight excluding hydrogens is 261 g/mol. The number of aryl methyl sites for hydroxylation is 1. The molecule has 0 unspecified atom stereocenters. The predicted octanol–water partition coefficient (Wildman–Crippen LogP) is 2.48. The van der Waals surface area contributed by atoms with Crippen LogP contribution >= 0.6 is 0 Å². The smallest absolute Gasteiger partial charge is 0.251 e. The number of aromatic hydroxyl groups is 2. The lowest BCUT2D eigenvalue weighted by molar-refractivity contribution is 0.0950. The van der Waals surface area contributed by atoms with Gasteiger partial charge in [-0.1, -0.05) is 6.07 Å². The summed E-state index contributed by atoms with van der Waals surface area (Å²) in [6, 6.07) is 8.25. The Labute approximate surface area is 115 Å². The van der Waals surface area contributed by atoms with E-state index in [1.54, 1.807) is 13.0 Å². The van der Waals surface area contributed by atoms with Gasteiger partial charge >= 0.3 is 0 Å². The number of hydrogen-bond donors (Lipinski definition) is 3. The van der Waals surface area contributed by atoms with Crippen LogP contribution in [0.5, 0.6) is 11.5 Å². The van der Waals surface area contributed by atoms with Crippen molar-refractivity contribution in [3.63, 3.8) is 0 Å². The van der Waals surface area contributed by atoms with E-state index in [1.165, 1.54) is 30.3 Å². The van der Waals surface area contributed by atoms with Crippen LogP contribution in [0.2, 0.25) is 0 Å². The summed E-state index contributed by atoms with van der Waals surface area (Å²) in [6.45, 7) is 1.86. The molecule has 0 bridgehead atoms. The third kappa shape index (κ3) is 3.06. The molecule has 0 spiro atoms. The summed E-state index contributed by atoms with van der Waals surface area (Å²) >= 11 is 0. The zero-order chi connectivity index (χ0) is 14.7. The molecule has 0 atom stereocenters. The molecule has 1 amide bonds. The highest BCUT2D eigenvalue weighted by Crippen LogP contribution is 2.24. The number of halogens is 1. The first-order valence-corrected chi connectivity index (χ1v) is 6.02. The zero-order valence-corrected chi connectivity index (χ0v) is 10.9. The van der Waals surface area contributed by atoms with Gasteiger partial charge in [0.15, 0.2) is 11.5 Å². The van der Waals surface area contributed by atoms with Crippen molar-refractivity contribution >= 4 is 5.91 Å². The van der Waals surface area contributed by atoms with Crippen molar-refractivity contribution < 1.29 is 19.4 Å². The van der Waals surface area contributed by atoms with Crippen LogP contribution in [-0.2, 0) is 6.54 Å². The van der Waals surface area contributed by atoms with Gasteiger partial charge in [0, 0.05) is 12.1 Å². The quantitative estimate of drug-likeness (QED) is 0.754. The van der Waals surface area contributed by atoms with E-state index in [-0.39, 0.29) is 29.8 Å². The number of benzene rings is 2. The number of rotatable bonds is 3. The number of phenols is 2. The highest BCUT2D eigenvalue weighted by Gasteiger charge is 2.09. The van der Waals surface area contributed by atoms with Gasteiger partial charge in [-0.2, -0.15) is 0 Å². The van der Waals surface area contributed by atoms with Gasteiger partial charge < -0.3 is 15.5 Å². The largest absolute Gasteiger partial charge is 0.504 e. The Hall–Kier alpha value is -2.56. The minimum Gasteiger partial charge on any atom is -0.504 e. The summed E-state index contributed by atoms with van der Waals surface area (Å²) in [4.78, 5) is 12.0. The van der Waals surface area contributed by atoms with Gasteiger partial charge in [-0.3, -0.25) is 4.79 Å². The van der Waals surface area contributed by atoms with Gasteiger partial charge in [-0.25, -0.2) is 4.39 Å². The molecule has 0 aliphatic heterocycles. The second-order valence-corrected chi connectivity index (χ2v) is 4.46. The van der Waals surface area contributed by atoms with Crippen molar-refractivity contribution in [1.29, 1.82) is 0 Å². The lowest BCUT2D eigenvalue weighted by atomic mass is 10.1. The standard InChI is InChI=1S/C15H14FNO3/c1-9-6-11(16)3-4-12(9)15(20)17-8-10-2-5-13(18)14(19)7-10/h2-7,18-19H,8H2,1H3,(H,17,20). The minimum absolute atomic E-state index is 0.198. The Bertz CT molecular complexity index is 656. The molecule has 2 aromatic rings. The van der Waals surface area contributed by atoms with Gasteiger partial charge in [0.2, 0.25) is 0 Å². The zero-order valence-electron chi connectivity index (χ0n) is 10.9. The van der Waals surface area contributed by atoms with E-state index >= 15 is 0 Å². The fourth-order valence-corrected chi connectivity index (χ4v) is 1.84. The van der Waals surface area contributed by atoms with Crippen LogP contribution < -0.4 is 5.32 Å². The Morgan fingerprint density at radius 3 is 2.55 bits per heavy atom. The molecule has 2 aromatic carbocycles. The van der Waals surface area contributed by atoms with E-state index in [2.05, 4.69) is 5.32 Å². The number of nitrogens with one attached hydrogen (secondary N) is 1. The SMILES string of the molecule is Cc1cc(F)ccc1C(=O)NCc1ccc(O)c(O)c1. The monoisotopic (exact) mass is 275 g/mol. The second-order valence-electron chi connectivity index (χ2n) is 4.46. The van der Waals surface area contributed by atoms with E-state index in [9.17, 15) is 19.4 Å². The summed E-state index contributed by atoms with van der Waals surface area (Å²) in [7, 11) is 0. The second kappa shape index (κ2) is 5.61. The van der Waals surface area contributed by atoms with Crippen LogP contribution in [-0.4, -0.2) is 16.1 Å². The van der Waals surface area contributed by atoms with E-state index in [0.717, 1.165) is 0 Å². The van der Waals surface area contributed by atoms with Crippen molar-refractivity contribution in [2.45, 2.75) is 13.5 Å². The Morgan fingerprint density at radius 1 is 1.15 bits per heavy atom. The van der Waals surface area contributed by atoms with Gasteiger partial charge in [-0.05, 0) is 48.4 Å². The van der Waals surface area contributed by atoms with Crippen molar-refractivity contribution in [2.24, 2.45) is 0 Å². The van der Waals surface area contributed by atoms with Crippen LogP contribution in [0.15, 0.2) is 36.4 Å². The normalized spacial score (nSPS) is 10.3. The van der Waals surface area contributed by atoms with Crippen LogP contribution in [0, 0.1) is 12.7 Å². The molecule has 0 fully saturated rings. The number of amides is 1. The topological polar surface area (TPSA) is 69.6 Å². The predicted molar refractivity (Wildman–Crippen MR) is 72.1 cm³/mol. The Morgan fingerprint density at radius 2 is 1.90 bits per heavy atom. The first-order valence-electron chi connectivity index (χ1n) is 6.02. The summed E-state index contributed by atoms with van der Waals surface area (Å²) in [5, 5.41) is 21.2. The molecule has 2 rings (SSSR count). The average Bonchev–Trinajstić information content (AvgIpc) is 2.40. The summed E-state index contributed by atoms with van der Waals surface area (Å²) in [6.07, 6.45) is 0. The van der Waals surface area contributed by atoms with E-state index < -0.39 is 0 Å². The summed E-state index contributed by atoms with van der Waals surface area (Å²) < 4.78 is 13.0. The third-order valence-electron chi connectivity index (χ3n) is 2.93. The Balaban J connectivity index is 2.06. The van der Waals surface area contributed by atoms with Crippen molar-refractivity contribution in [1.82, 2.24) is 5.32 Å². The van der Waals surface area contributed by atoms with Crippen molar-refractivity contribution in [2.75, 3.05) is 0 Å². The summed E-state index contributed by atoms with van der Waals surface area (Å²) in [5.41, 5.74) is 1.60. The lowest BCUT2D eigenvalue weighted by Crippen LogP contribution is -2.23. The first kappa shape index (κ1) is 13.9. The van der Waals surface area contributed by atoms with E-state index in [0.29, 0.717) is 16.7 Å². The number of phenolic OH excluding ortho intramolecular Hbond substituents is 2. The van der Waals surface area contributed by atoms with Crippen molar-refractivity contribution in [3.05, 3.63) is 58.9 Å². The maximum Gasteiger partial charge on any atom is 0.251 e. The lowest BCUT2D eigenvalue weighted by Gasteiger charge is -2.08. The van der Waals surface area contributed by atoms with Crippen LogP contribution in [0.4, 0.5) is 4.39 Å². The molecule has 4 nitrogen and oxygen atoms in total. The van der Waals surface area contributed by atoms with Crippen LogP contribution in [0.3, 0.4) is 0 Å². The molecule has 104 valence electrons. The molecular formula is C15H14FNO3.